The van der Waals surface area contributed by atoms with Crippen molar-refractivity contribution in [1.82, 2.24) is 0 Å². The maximum absolute atomic E-state index is 11.1. The molecule has 0 bridgehead atoms. The molecule has 0 amide bonds. The van der Waals surface area contributed by atoms with Gasteiger partial charge in [0.1, 0.15) is 5.75 Å². The van der Waals surface area contributed by atoms with Crippen LogP contribution in [0.4, 0.5) is 5.69 Å². The van der Waals surface area contributed by atoms with Gasteiger partial charge in [-0.25, -0.2) is 4.79 Å². The summed E-state index contributed by atoms with van der Waals surface area (Å²) in [5.41, 5.74) is 1.15. The van der Waals surface area contributed by atoms with E-state index in [0.29, 0.717) is 28.5 Å². The van der Waals surface area contributed by atoms with Gasteiger partial charge < -0.3 is 19.3 Å². The molecule has 0 radical (unpaired) electrons. The van der Waals surface area contributed by atoms with Crippen LogP contribution < -0.4 is 14.2 Å². The number of benzene rings is 2. The summed E-state index contributed by atoms with van der Waals surface area (Å²) < 4.78 is 15.9. The number of hydrogen-bond donors (Lipinski definition) is 1. The average Bonchev–Trinajstić information content (AvgIpc) is 3.00. The predicted molar refractivity (Wildman–Crippen MR) is 84.8 cm³/mol. The molecule has 0 spiro atoms. The SMILES string of the molecule is COc1cc2c(cc1C=Nc1ccc(Cl)c(C(=O)O)c1)OCO2. The molecular weight excluding hydrogens is 322 g/mol. The molecule has 6 nitrogen and oxygen atoms in total. The number of carboxylic acid groups (broad SMARTS) is 1. The highest BCUT2D eigenvalue weighted by molar-refractivity contribution is 6.33. The molecule has 23 heavy (non-hydrogen) atoms. The number of nitrogens with zero attached hydrogens (tertiary/aromatic N) is 1. The van der Waals surface area contributed by atoms with Crippen LogP contribution in [0.3, 0.4) is 0 Å². The van der Waals surface area contributed by atoms with Crippen molar-refractivity contribution in [3.63, 3.8) is 0 Å². The van der Waals surface area contributed by atoms with Gasteiger partial charge in [0.25, 0.3) is 0 Å². The first-order chi connectivity index (χ1) is 11.1. The number of halogens is 1. The Balaban J connectivity index is 1.94. The van der Waals surface area contributed by atoms with E-state index < -0.39 is 5.97 Å². The Labute approximate surface area is 136 Å². The predicted octanol–water partition coefficient (Wildman–Crippen LogP) is 3.53. The van der Waals surface area contributed by atoms with Gasteiger partial charge in [0.05, 0.1) is 23.4 Å². The van der Waals surface area contributed by atoms with Crippen molar-refractivity contribution >= 4 is 29.5 Å². The highest BCUT2D eigenvalue weighted by Crippen LogP contribution is 2.37. The van der Waals surface area contributed by atoms with Crippen molar-refractivity contribution < 1.29 is 24.1 Å². The van der Waals surface area contributed by atoms with Crippen molar-refractivity contribution in [3.8, 4) is 17.2 Å². The quantitative estimate of drug-likeness (QED) is 0.866. The summed E-state index contributed by atoms with van der Waals surface area (Å²) in [6.07, 6.45) is 1.57. The molecule has 0 saturated carbocycles. The number of fused-ring (bicyclic) bond motifs is 1. The number of carbonyl (C=O) groups is 1. The fourth-order valence-electron chi connectivity index (χ4n) is 2.12. The second-order valence-corrected chi connectivity index (χ2v) is 5.08. The Morgan fingerprint density at radius 2 is 2.04 bits per heavy atom. The molecule has 0 unspecified atom stereocenters. The monoisotopic (exact) mass is 333 g/mol. The van der Waals surface area contributed by atoms with E-state index in [1.165, 1.54) is 12.1 Å². The highest BCUT2D eigenvalue weighted by atomic mass is 35.5. The van der Waals surface area contributed by atoms with Gasteiger partial charge in [-0.3, -0.25) is 4.99 Å². The minimum atomic E-state index is -1.10. The molecule has 0 saturated heterocycles. The fraction of sp³-hybridized carbons (Fsp3) is 0.125. The average molecular weight is 334 g/mol. The van der Waals surface area contributed by atoms with E-state index in [4.69, 9.17) is 30.9 Å². The lowest BCUT2D eigenvalue weighted by molar-refractivity contribution is 0.0697. The Hall–Kier alpha value is -2.73. The first-order valence-electron chi connectivity index (χ1n) is 6.63. The van der Waals surface area contributed by atoms with E-state index >= 15 is 0 Å². The number of aliphatic imine (C=N–C) groups is 1. The first-order valence-corrected chi connectivity index (χ1v) is 7.01. The summed E-state index contributed by atoms with van der Waals surface area (Å²) in [6.45, 7) is 0.165. The Morgan fingerprint density at radius 1 is 1.30 bits per heavy atom. The summed E-state index contributed by atoms with van der Waals surface area (Å²) in [6, 6.07) is 7.99. The van der Waals surface area contributed by atoms with Gasteiger partial charge in [0.2, 0.25) is 6.79 Å². The largest absolute Gasteiger partial charge is 0.496 e. The van der Waals surface area contributed by atoms with Crippen molar-refractivity contribution in [3.05, 3.63) is 46.5 Å². The summed E-state index contributed by atoms with van der Waals surface area (Å²) in [7, 11) is 1.54. The molecule has 0 aromatic heterocycles. The topological polar surface area (TPSA) is 77.4 Å². The highest BCUT2D eigenvalue weighted by Gasteiger charge is 2.17. The first kappa shape index (κ1) is 15.2. The van der Waals surface area contributed by atoms with Gasteiger partial charge in [-0.2, -0.15) is 0 Å². The summed E-state index contributed by atoms with van der Waals surface area (Å²) in [4.78, 5) is 15.4. The van der Waals surface area contributed by atoms with Crippen molar-refractivity contribution in [1.29, 1.82) is 0 Å². The molecule has 1 aliphatic rings. The van der Waals surface area contributed by atoms with Gasteiger partial charge in [0, 0.05) is 17.8 Å². The van der Waals surface area contributed by atoms with E-state index in [-0.39, 0.29) is 17.4 Å². The Morgan fingerprint density at radius 3 is 2.74 bits per heavy atom. The Kier molecular flexibility index (Phi) is 4.08. The third kappa shape index (κ3) is 3.07. The fourth-order valence-corrected chi connectivity index (χ4v) is 2.32. The minimum Gasteiger partial charge on any atom is -0.496 e. The molecule has 2 aromatic carbocycles. The third-order valence-electron chi connectivity index (χ3n) is 3.26. The van der Waals surface area contributed by atoms with E-state index in [0.717, 1.165) is 0 Å². The molecule has 1 heterocycles. The van der Waals surface area contributed by atoms with Crippen LogP contribution in [-0.4, -0.2) is 31.2 Å². The molecule has 3 rings (SSSR count). The zero-order chi connectivity index (χ0) is 16.4. The molecular formula is C16H12ClNO5. The van der Waals surface area contributed by atoms with Crippen LogP contribution in [0.25, 0.3) is 0 Å². The van der Waals surface area contributed by atoms with E-state index in [1.54, 1.807) is 31.5 Å². The zero-order valence-corrected chi connectivity index (χ0v) is 12.8. The van der Waals surface area contributed by atoms with Crippen LogP contribution in [-0.2, 0) is 0 Å². The smallest absolute Gasteiger partial charge is 0.337 e. The summed E-state index contributed by atoms with van der Waals surface area (Å²) in [5, 5.41) is 9.24. The molecule has 1 aliphatic heterocycles. The van der Waals surface area contributed by atoms with Crippen LogP contribution in [0, 0.1) is 0 Å². The summed E-state index contributed by atoms with van der Waals surface area (Å²) in [5.74, 6) is 0.686. The van der Waals surface area contributed by atoms with Gasteiger partial charge >= 0.3 is 5.97 Å². The van der Waals surface area contributed by atoms with Crippen LogP contribution in [0.5, 0.6) is 17.2 Å². The van der Waals surface area contributed by atoms with Gasteiger partial charge in [-0.1, -0.05) is 11.6 Å². The standard InChI is InChI=1S/C16H12ClNO5/c1-21-13-6-15-14(22-8-23-15)4-9(13)7-18-10-2-3-12(17)11(5-10)16(19)20/h2-7H,8H2,1H3,(H,19,20). The van der Waals surface area contributed by atoms with E-state index in [2.05, 4.69) is 4.99 Å². The van der Waals surface area contributed by atoms with Crippen LogP contribution >= 0.6 is 11.6 Å². The number of rotatable bonds is 4. The van der Waals surface area contributed by atoms with Crippen molar-refractivity contribution in [2.24, 2.45) is 4.99 Å². The maximum Gasteiger partial charge on any atom is 0.337 e. The van der Waals surface area contributed by atoms with Gasteiger partial charge in [-0.05, 0) is 24.3 Å². The maximum atomic E-state index is 11.1. The number of carboxylic acids is 1. The van der Waals surface area contributed by atoms with Crippen molar-refractivity contribution in [2.75, 3.05) is 13.9 Å². The lowest BCUT2D eigenvalue weighted by atomic mass is 10.2. The second-order valence-electron chi connectivity index (χ2n) is 4.67. The molecule has 7 heteroatoms. The van der Waals surface area contributed by atoms with E-state index in [9.17, 15) is 4.79 Å². The molecule has 0 atom stereocenters. The Bertz CT molecular complexity index is 803. The molecule has 118 valence electrons. The number of ether oxygens (including phenoxy) is 3. The van der Waals surface area contributed by atoms with Crippen LogP contribution in [0.2, 0.25) is 5.02 Å². The van der Waals surface area contributed by atoms with Crippen LogP contribution in [0.1, 0.15) is 15.9 Å². The molecule has 2 aromatic rings. The van der Waals surface area contributed by atoms with Gasteiger partial charge in [-0.15, -0.1) is 0 Å². The van der Waals surface area contributed by atoms with Gasteiger partial charge in [0.15, 0.2) is 11.5 Å². The number of hydrogen-bond acceptors (Lipinski definition) is 5. The van der Waals surface area contributed by atoms with E-state index in [1.807, 2.05) is 0 Å². The van der Waals surface area contributed by atoms with Crippen LogP contribution in [0.15, 0.2) is 35.3 Å². The second kappa shape index (κ2) is 6.18. The minimum absolute atomic E-state index is 0.000955. The lowest BCUT2D eigenvalue weighted by Gasteiger charge is -2.06. The lowest BCUT2D eigenvalue weighted by Crippen LogP contribution is -1.96. The third-order valence-corrected chi connectivity index (χ3v) is 3.59. The zero-order valence-electron chi connectivity index (χ0n) is 12.1. The van der Waals surface area contributed by atoms with Crippen molar-refractivity contribution in [2.45, 2.75) is 0 Å². The molecule has 0 aliphatic carbocycles. The number of methoxy groups -OCH3 is 1. The summed E-state index contributed by atoms with van der Waals surface area (Å²) >= 11 is 5.84. The molecule has 0 fully saturated rings. The normalized spacial score (nSPS) is 12.6. The molecule has 1 N–H and O–H groups in total. The number of aromatic carboxylic acids is 1.